The average molecular weight is 438 g/mol. The summed E-state index contributed by atoms with van der Waals surface area (Å²) in [6.07, 6.45) is -1.55. The average Bonchev–Trinajstić information content (AvgIpc) is 2.77. The molecule has 1 heterocycles. The van der Waals surface area contributed by atoms with E-state index in [4.69, 9.17) is 16.3 Å². The lowest BCUT2D eigenvalue weighted by atomic mass is 10.0. The number of nitrogens with zero attached hydrogens (tertiary/aromatic N) is 1. The van der Waals surface area contributed by atoms with Crippen molar-refractivity contribution < 1.29 is 19.4 Å². The van der Waals surface area contributed by atoms with Crippen molar-refractivity contribution in [3.8, 4) is 11.5 Å². The largest absolute Gasteiger partial charge is 0.508 e. The van der Waals surface area contributed by atoms with E-state index < -0.39 is 24.1 Å². The number of para-hydroxylation sites is 1. The molecule has 0 bridgehead atoms. The summed E-state index contributed by atoms with van der Waals surface area (Å²) in [4.78, 5) is 26.1. The highest BCUT2D eigenvalue weighted by molar-refractivity contribution is 6.31. The summed E-state index contributed by atoms with van der Waals surface area (Å²) in [5, 5.41) is 14.5. The van der Waals surface area contributed by atoms with Gasteiger partial charge < -0.3 is 15.2 Å². The molecule has 2 amide bonds. The van der Waals surface area contributed by atoms with E-state index in [0.29, 0.717) is 27.6 Å². The fourth-order valence-electron chi connectivity index (χ4n) is 3.25. The van der Waals surface area contributed by atoms with Crippen molar-refractivity contribution in [2.45, 2.75) is 19.2 Å². The van der Waals surface area contributed by atoms with Crippen molar-refractivity contribution >= 4 is 29.1 Å². The number of anilines is 1. The number of carbonyl (C=O) groups is 2. The first-order valence-electron chi connectivity index (χ1n) is 9.63. The van der Waals surface area contributed by atoms with Gasteiger partial charge in [-0.05, 0) is 55.0 Å². The van der Waals surface area contributed by atoms with Crippen molar-refractivity contribution in [3.05, 3.63) is 88.9 Å². The monoisotopic (exact) mass is 437 g/mol. The van der Waals surface area contributed by atoms with Gasteiger partial charge in [0, 0.05) is 10.7 Å². The first kappa shape index (κ1) is 20.6. The number of amides is 2. The zero-order chi connectivity index (χ0) is 22.0. The highest BCUT2D eigenvalue weighted by Gasteiger charge is 2.35. The second-order valence-corrected chi connectivity index (χ2v) is 7.49. The minimum absolute atomic E-state index is 0.0959. The van der Waals surface area contributed by atoms with Crippen LogP contribution in [0.3, 0.4) is 0 Å². The molecule has 0 saturated heterocycles. The van der Waals surface area contributed by atoms with Crippen LogP contribution in [-0.4, -0.2) is 28.0 Å². The molecule has 4 rings (SSSR count). The molecular weight excluding hydrogens is 418 g/mol. The lowest BCUT2D eigenvalue weighted by molar-refractivity contribution is -0.132. The van der Waals surface area contributed by atoms with Crippen LogP contribution in [0.5, 0.6) is 11.5 Å². The summed E-state index contributed by atoms with van der Waals surface area (Å²) < 4.78 is 5.67. The van der Waals surface area contributed by atoms with Gasteiger partial charge in [-0.25, -0.2) is 5.01 Å². The molecule has 31 heavy (non-hydrogen) atoms. The number of benzene rings is 3. The van der Waals surface area contributed by atoms with E-state index in [2.05, 4.69) is 10.7 Å². The van der Waals surface area contributed by atoms with Crippen LogP contribution in [-0.2, 0) is 4.79 Å². The molecule has 1 aliphatic rings. The maximum Gasteiger partial charge on any atom is 0.279 e. The fraction of sp³-hybridized carbons (Fsp3) is 0.130. The zero-order valence-corrected chi connectivity index (χ0v) is 17.3. The first-order valence-corrected chi connectivity index (χ1v) is 10.0. The summed E-state index contributed by atoms with van der Waals surface area (Å²) in [6.45, 7) is 1.60. The van der Waals surface area contributed by atoms with Gasteiger partial charge in [-0.2, -0.15) is 0 Å². The number of aromatic hydroxyl groups is 1. The molecule has 0 aliphatic carbocycles. The van der Waals surface area contributed by atoms with Crippen LogP contribution in [0.2, 0.25) is 5.02 Å². The smallest absolute Gasteiger partial charge is 0.279 e. The van der Waals surface area contributed by atoms with Crippen LogP contribution in [0.25, 0.3) is 0 Å². The number of hydrogen-bond donors (Lipinski definition) is 3. The number of nitrogens with one attached hydrogen (secondary N) is 2. The molecule has 0 saturated carbocycles. The highest BCUT2D eigenvalue weighted by Crippen LogP contribution is 2.34. The topological polar surface area (TPSA) is 90.9 Å². The molecule has 158 valence electrons. The van der Waals surface area contributed by atoms with E-state index in [9.17, 15) is 14.7 Å². The Labute approximate surface area is 184 Å². The van der Waals surface area contributed by atoms with E-state index in [1.807, 2.05) is 6.07 Å². The highest BCUT2D eigenvalue weighted by atomic mass is 35.5. The van der Waals surface area contributed by atoms with Crippen LogP contribution in [0.15, 0.2) is 72.8 Å². The van der Waals surface area contributed by atoms with Crippen LogP contribution in [0.1, 0.15) is 29.0 Å². The van der Waals surface area contributed by atoms with Gasteiger partial charge in [-0.3, -0.25) is 15.0 Å². The van der Waals surface area contributed by atoms with Gasteiger partial charge in [0.1, 0.15) is 17.7 Å². The number of rotatable bonds is 5. The van der Waals surface area contributed by atoms with Gasteiger partial charge in [-0.1, -0.05) is 41.9 Å². The van der Waals surface area contributed by atoms with E-state index in [1.165, 1.54) is 17.1 Å². The van der Waals surface area contributed by atoms with Gasteiger partial charge in [0.25, 0.3) is 11.8 Å². The van der Waals surface area contributed by atoms with Crippen LogP contribution in [0.4, 0.5) is 5.69 Å². The van der Waals surface area contributed by atoms with Gasteiger partial charge in [0.15, 0.2) is 6.10 Å². The molecular formula is C23H20ClN3O4. The van der Waals surface area contributed by atoms with Crippen LogP contribution >= 0.6 is 11.6 Å². The molecule has 3 aromatic carbocycles. The summed E-state index contributed by atoms with van der Waals surface area (Å²) in [7, 11) is 0. The predicted molar refractivity (Wildman–Crippen MR) is 117 cm³/mol. The van der Waals surface area contributed by atoms with Gasteiger partial charge >= 0.3 is 0 Å². The summed E-state index contributed by atoms with van der Waals surface area (Å²) in [6, 6.07) is 20.3. The van der Waals surface area contributed by atoms with Crippen molar-refractivity contribution in [1.29, 1.82) is 0 Å². The fourth-order valence-corrected chi connectivity index (χ4v) is 3.42. The number of hydrazine groups is 1. The van der Waals surface area contributed by atoms with E-state index in [-0.39, 0.29) is 5.75 Å². The Morgan fingerprint density at radius 3 is 2.55 bits per heavy atom. The Bertz CT molecular complexity index is 1110. The minimum Gasteiger partial charge on any atom is -0.508 e. The lowest BCUT2D eigenvalue weighted by Crippen LogP contribution is -2.55. The standard InChI is InChI=1S/C23H20ClN3O4/c1-14(31-18-5-3-2-4-6-18)22(29)26-27-21(15-7-10-17(28)11-8-15)25-20-12-9-16(24)13-19(20)23(27)30/h2-14,21,25,28H,1H3,(H,26,29). The number of hydrogen-bond acceptors (Lipinski definition) is 5. The van der Waals surface area contributed by atoms with Crippen LogP contribution in [0, 0.1) is 0 Å². The maximum absolute atomic E-state index is 13.3. The van der Waals surface area contributed by atoms with Crippen molar-refractivity contribution in [1.82, 2.24) is 10.4 Å². The summed E-state index contributed by atoms with van der Waals surface area (Å²) >= 11 is 6.07. The Hall–Kier alpha value is -3.71. The molecule has 2 unspecified atom stereocenters. The zero-order valence-electron chi connectivity index (χ0n) is 16.6. The third-order valence-corrected chi connectivity index (χ3v) is 5.08. The molecule has 7 nitrogen and oxygen atoms in total. The molecule has 0 aromatic heterocycles. The summed E-state index contributed by atoms with van der Waals surface area (Å²) in [5.41, 5.74) is 4.26. The maximum atomic E-state index is 13.3. The number of phenols is 1. The lowest BCUT2D eigenvalue weighted by Gasteiger charge is -2.38. The molecule has 3 aromatic rings. The van der Waals surface area contributed by atoms with Crippen molar-refractivity contribution in [3.63, 3.8) is 0 Å². The molecule has 0 spiro atoms. The molecule has 2 atom stereocenters. The Morgan fingerprint density at radius 1 is 1.13 bits per heavy atom. The first-order chi connectivity index (χ1) is 14.9. The quantitative estimate of drug-likeness (QED) is 0.558. The third kappa shape index (κ3) is 4.41. The second kappa shape index (κ2) is 8.57. The summed E-state index contributed by atoms with van der Waals surface area (Å²) in [5.74, 6) is -0.276. The number of fused-ring (bicyclic) bond motifs is 1. The normalized spacial score (nSPS) is 16.1. The predicted octanol–water partition coefficient (Wildman–Crippen LogP) is 4.11. The van der Waals surface area contributed by atoms with E-state index in [0.717, 1.165) is 0 Å². The number of phenolic OH excluding ortho intramolecular Hbond substituents is 1. The van der Waals surface area contributed by atoms with E-state index >= 15 is 0 Å². The Kier molecular flexibility index (Phi) is 5.68. The Morgan fingerprint density at radius 2 is 1.84 bits per heavy atom. The molecule has 8 heteroatoms. The number of halogens is 1. The van der Waals surface area contributed by atoms with Gasteiger partial charge in [0.2, 0.25) is 0 Å². The molecule has 0 radical (unpaired) electrons. The second-order valence-electron chi connectivity index (χ2n) is 7.05. The number of ether oxygens (including phenoxy) is 1. The molecule has 3 N–H and O–H groups in total. The third-order valence-electron chi connectivity index (χ3n) is 4.85. The van der Waals surface area contributed by atoms with Crippen molar-refractivity contribution in [2.24, 2.45) is 0 Å². The number of carbonyl (C=O) groups excluding carboxylic acids is 2. The van der Waals surface area contributed by atoms with Gasteiger partial charge in [0.05, 0.1) is 5.56 Å². The SMILES string of the molecule is CC(Oc1ccccc1)C(=O)NN1C(=O)c2cc(Cl)ccc2NC1c1ccc(O)cc1. The van der Waals surface area contributed by atoms with Gasteiger partial charge in [-0.15, -0.1) is 0 Å². The Balaban J connectivity index is 1.62. The van der Waals surface area contributed by atoms with Crippen LogP contribution < -0.4 is 15.5 Å². The molecule has 1 aliphatic heterocycles. The molecule has 0 fully saturated rings. The minimum atomic E-state index is -0.851. The van der Waals surface area contributed by atoms with E-state index in [1.54, 1.807) is 61.5 Å². The van der Waals surface area contributed by atoms with Crippen molar-refractivity contribution in [2.75, 3.05) is 5.32 Å².